The smallest absolute Gasteiger partial charge is 0.186 e. The molecule has 0 saturated carbocycles. The summed E-state index contributed by atoms with van der Waals surface area (Å²) in [5.74, 6) is -0.393. The molecule has 214 valence electrons. The summed E-state index contributed by atoms with van der Waals surface area (Å²) < 4.78 is 45.3. The summed E-state index contributed by atoms with van der Waals surface area (Å²) >= 11 is 0. The predicted octanol–water partition coefficient (Wildman–Crippen LogP) is 5.99. The van der Waals surface area contributed by atoms with Gasteiger partial charge < -0.3 is 28.8 Å². The molecule has 4 aromatic carbocycles. The number of aliphatic hydroxyl groups excluding tert-OH is 1. The zero-order valence-corrected chi connectivity index (χ0v) is 22.9. The molecular formula is C34H35FO6. The molecular weight excluding hydrogens is 523 g/mol. The molecule has 1 N–H and O–H groups in total. The van der Waals surface area contributed by atoms with E-state index in [-0.39, 0.29) is 13.2 Å². The molecule has 4 aromatic rings. The monoisotopic (exact) mass is 558 g/mol. The van der Waals surface area contributed by atoms with Crippen LogP contribution in [0.3, 0.4) is 0 Å². The predicted molar refractivity (Wildman–Crippen MR) is 152 cm³/mol. The van der Waals surface area contributed by atoms with Crippen LogP contribution >= 0.6 is 0 Å². The molecule has 0 radical (unpaired) electrons. The Morgan fingerprint density at radius 1 is 0.634 bits per heavy atom. The zero-order chi connectivity index (χ0) is 28.4. The number of benzene rings is 4. The van der Waals surface area contributed by atoms with E-state index in [9.17, 15) is 9.50 Å². The van der Waals surface area contributed by atoms with Crippen LogP contribution < -0.4 is 0 Å². The maximum Gasteiger partial charge on any atom is 0.186 e. The lowest BCUT2D eigenvalue weighted by molar-refractivity contribution is -0.330. The number of methoxy groups -OCH3 is 1. The van der Waals surface area contributed by atoms with Crippen LogP contribution in [0.4, 0.5) is 4.39 Å². The Balaban J connectivity index is 1.48. The lowest BCUT2D eigenvalue weighted by Gasteiger charge is -2.47. The number of ether oxygens (including phenoxy) is 5. The number of aliphatic hydroxyl groups is 1. The van der Waals surface area contributed by atoms with E-state index in [4.69, 9.17) is 23.7 Å². The molecule has 1 aliphatic rings. The summed E-state index contributed by atoms with van der Waals surface area (Å²) in [4.78, 5) is 0. The van der Waals surface area contributed by atoms with E-state index in [1.807, 2.05) is 91.0 Å². The van der Waals surface area contributed by atoms with Gasteiger partial charge in [0.1, 0.15) is 36.3 Å². The number of hydrogen-bond donors (Lipinski definition) is 1. The Morgan fingerprint density at radius 2 is 1.07 bits per heavy atom. The van der Waals surface area contributed by atoms with E-state index < -0.39 is 42.6 Å². The van der Waals surface area contributed by atoms with E-state index in [0.29, 0.717) is 12.2 Å². The molecule has 5 rings (SSSR count). The Bertz CT molecular complexity index is 1310. The fraction of sp³-hybridized carbons (Fsp3) is 0.294. The highest BCUT2D eigenvalue weighted by molar-refractivity contribution is 5.21. The van der Waals surface area contributed by atoms with Crippen LogP contribution in [-0.2, 0) is 43.5 Å². The van der Waals surface area contributed by atoms with Gasteiger partial charge in [0.2, 0.25) is 0 Å². The van der Waals surface area contributed by atoms with Crippen molar-refractivity contribution in [1.29, 1.82) is 0 Å². The third-order valence-corrected chi connectivity index (χ3v) is 7.14. The quantitative estimate of drug-likeness (QED) is 0.231. The van der Waals surface area contributed by atoms with Crippen LogP contribution in [0.2, 0.25) is 0 Å². The van der Waals surface area contributed by atoms with Gasteiger partial charge in [-0.05, 0) is 34.4 Å². The standard InChI is InChI=1S/C34H35FO6/c1-37-34-33(40-23-26-15-9-4-10-16-26)32(39-22-25-13-7-3-8-14-25)31(38-21-24-11-5-2-6-12-24)30(41-34)29(36)27-17-19-28(35)20-18-27/h2-20,29-34,36H,21-23H2,1H3/t29-,30+,31+,32-,33+,34-/m0/s1. The van der Waals surface area contributed by atoms with Gasteiger partial charge in [-0.3, -0.25) is 0 Å². The maximum atomic E-state index is 13.7. The topological polar surface area (TPSA) is 66.4 Å². The molecule has 1 fully saturated rings. The van der Waals surface area contributed by atoms with Crippen molar-refractivity contribution in [2.45, 2.75) is 56.6 Å². The Labute approximate surface area is 240 Å². The molecule has 1 heterocycles. The highest BCUT2D eigenvalue weighted by Gasteiger charge is 2.51. The van der Waals surface area contributed by atoms with Gasteiger partial charge in [-0.25, -0.2) is 4.39 Å². The number of rotatable bonds is 12. The van der Waals surface area contributed by atoms with Crippen molar-refractivity contribution < 1.29 is 33.2 Å². The van der Waals surface area contributed by atoms with E-state index in [1.165, 1.54) is 31.4 Å². The summed E-state index contributed by atoms with van der Waals surface area (Å²) in [6.45, 7) is 0.851. The fourth-order valence-corrected chi connectivity index (χ4v) is 4.98. The molecule has 0 aromatic heterocycles. The second-order valence-corrected chi connectivity index (χ2v) is 9.98. The minimum Gasteiger partial charge on any atom is -0.386 e. The van der Waals surface area contributed by atoms with E-state index in [1.54, 1.807) is 0 Å². The zero-order valence-electron chi connectivity index (χ0n) is 22.9. The van der Waals surface area contributed by atoms with Crippen LogP contribution in [0.15, 0.2) is 115 Å². The SMILES string of the molecule is CO[C@H]1O[C@H]([C@@H](O)c2ccc(F)cc2)[C@@H](OCc2ccccc2)[C@H](OCc2ccccc2)[C@H]1OCc1ccccc1. The van der Waals surface area contributed by atoms with Crippen molar-refractivity contribution in [2.24, 2.45) is 0 Å². The van der Waals surface area contributed by atoms with Crippen molar-refractivity contribution in [3.05, 3.63) is 143 Å². The lowest BCUT2D eigenvalue weighted by Crippen LogP contribution is -2.61. The molecule has 7 heteroatoms. The first-order chi connectivity index (χ1) is 20.1. The van der Waals surface area contributed by atoms with Gasteiger partial charge in [0.15, 0.2) is 6.29 Å². The summed E-state index contributed by atoms with van der Waals surface area (Å²) in [5.41, 5.74) is 3.41. The summed E-state index contributed by atoms with van der Waals surface area (Å²) in [7, 11) is 1.53. The highest BCUT2D eigenvalue weighted by atomic mass is 19.1. The van der Waals surface area contributed by atoms with Gasteiger partial charge >= 0.3 is 0 Å². The first-order valence-electron chi connectivity index (χ1n) is 13.7. The van der Waals surface area contributed by atoms with Crippen LogP contribution in [0, 0.1) is 5.82 Å². The summed E-state index contributed by atoms with van der Waals surface area (Å²) in [5, 5.41) is 11.5. The molecule has 1 saturated heterocycles. The van der Waals surface area contributed by atoms with Crippen molar-refractivity contribution in [1.82, 2.24) is 0 Å². The molecule has 6 nitrogen and oxygen atoms in total. The molecule has 0 unspecified atom stereocenters. The number of halogens is 1. The Kier molecular flexibility index (Phi) is 10.3. The van der Waals surface area contributed by atoms with Gasteiger partial charge in [0.05, 0.1) is 19.8 Å². The van der Waals surface area contributed by atoms with Gasteiger partial charge in [-0.15, -0.1) is 0 Å². The molecule has 6 atom stereocenters. The van der Waals surface area contributed by atoms with E-state index in [0.717, 1.165) is 16.7 Å². The third-order valence-electron chi connectivity index (χ3n) is 7.14. The molecule has 0 bridgehead atoms. The minimum atomic E-state index is -1.15. The van der Waals surface area contributed by atoms with Gasteiger partial charge in [-0.1, -0.05) is 103 Å². The lowest BCUT2D eigenvalue weighted by atomic mass is 9.91. The Hall–Kier alpha value is -3.43. The van der Waals surface area contributed by atoms with Crippen molar-refractivity contribution in [3.63, 3.8) is 0 Å². The van der Waals surface area contributed by atoms with Crippen LogP contribution in [0.1, 0.15) is 28.4 Å². The normalized spacial score (nSPS) is 23.2. The van der Waals surface area contributed by atoms with E-state index in [2.05, 4.69) is 0 Å². The molecule has 0 spiro atoms. The van der Waals surface area contributed by atoms with Crippen LogP contribution in [0.25, 0.3) is 0 Å². The molecule has 0 aliphatic carbocycles. The first-order valence-corrected chi connectivity index (χ1v) is 13.7. The largest absolute Gasteiger partial charge is 0.386 e. The number of hydrogen-bond acceptors (Lipinski definition) is 6. The molecule has 0 amide bonds. The van der Waals surface area contributed by atoms with Crippen LogP contribution in [0.5, 0.6) is 0 Å². The highest BCUT2D eigenvalue weighted by Crippen LogP contribution is 2.36. The second kappa shape index (κ2) is 14.5. The van der Waals surface area contributed by atoms with Gasteiger partial charge in [0.25, 0.3) is 0 Å². The van der Waals surface area contributed by atoms with E-state index >= 15 is 0 Å². The minimum absolute atomic E-state index is 0.260. The molecule has 1 aliphatic heterocycles. The maximum absolute atomic E-state index is 13.7. The van der Waals surface area contributed by atoms with Gasteiger partial charge in [-0.2, -0.15) is 0 Å². The average molecular weight is 559 g/mol. The summed E-state index contributed by atoms with van der Waals surface area (Å²) in [6.07, 6.45) is -5.02. The average Bonchev–Trinajstić information content (AvgIpc) is 3.03. The third kappa shape index (κ3) is 7.65. The van der Waals surface area contributed by atoms with Crippen LogP contribution in [-0.4, -0.2) is 42.9 Å². The van der Waals surface area contributed by atoms with Gasteiger partial charge in [0, 0.05) is 7.11 Å². The summed E-state index contributed by atoms with van der Waals surface area (Å²) in [6, 6.07) is 35.1. The second-order valence-electron chi connectivity index (χ2n) is 9.98. The molecule has 41 heavy (non-hydrogen) atoms. The van der Waals surface area contributed by atoms with Crippen molar-refractivity contribution in [3.8, 4) is 0 Å². The van der Waals surface area contributed by atoms with Crippen molar-refractivity contribution in [2.75, 3.05) is 7.11 Å². The Morgan fingerprint density at radius 3 is 1.54 bits per heavy atom. The van der Waals surface area contributed by atoms with Crippen molar-refractivity contribution >= 4 is 0 Å². The first kappa shape index (κ1) is 29.1. The fourth-order valence-electron chi connectivity index (χ4n) is 4.98.